The van der Waals surface area contributed by atoms with E-state index >= 15 is 0 Å². The lowest BCUT2D eigenvalue weighted by Crippen LogP contribution is -2.22. The third-order valence-corrected chi connectivity index (χ3v) is 3.32. The lowest BCUT2D eigenvalue weighted by Gasteiger charge is -2.09. The quantitative estimate of drug-likeness (QED) is 0.289. The zero-order valence-corrected chi connectivity index (χ0v) is 15.9. The summed E-state index contributed by atoms with van der Waals surface area (Å²) in [7, 11) is 3.89. The maximum atomic E-state index is 11.6. The normalized spacial score (nSPS) is 12.8. The summed E-state index contributed by atoms with van der Waals surface area (Å²) in [6.45, 7) is 3.33. The van der Waals surface area contributed by atoms with Gasteiger partial charge in [-0.05, 0) is 26.0 Å². The van der Waals surface area contributed by atoms with Crippen molar-refractivity contribution in [2.24, 2.45) is 0 Å². The molecule has 0 bridgehead atoms. The second kappa shape index (κ2) is 11.3. The van der Waals surface area contributed by atoms with Crippen LogP contribution in [-0.2, 0) is 23.2 Å². The molecule has 0 aliphatic rings. The number of likely N-dealkylation sites (N-methyl/N-ethyl adjacent to an activating group) is 2. The minimum Gasteiger partial charge on any atom is -0.426 e. The average Bonchev–Trinajstić information content (AvgIpc) is 2.53. The van der Waals surface area contributed by atoms with Crippen molar-refractivity contribution in [2.75, 3.05) is 28.2 Å². The molecule has 7 nitrogen and oxygen atoms in total. The number of carbonyl (C=O) groups is 2. The molecule has 8 heteroatoms. The van der Waals surface area contributed by atoms with Crippen LogP contribution in [0.25, 0.3) is 0 Å². The minimum atomic E-state index is -2.73. The van der Waals surface area contributed by atoms with Crippen LogP contribution in [0.3, 0.4) is 0 Å². The van der Waals surface area contributed by atoms with Crippen LogP contribution in [0, 0.1) is 0 Å². The van der Waals surface area contributed by atoms with Crippen molar-refractivity contribution >= 4 is 20.1 Å². The molecule has 0 aliphatic carbocycles. The summed E-state index contributed by atoms with van der Waals surface area (Å²) >= 11 is 0. The molecule has 0 radical (unpaired) electrons. The molecule has 0 aliphatic heterocycles. The predicted octanol–water partition coefficient (Wildman–Crippen LogP) is 2.51. The van der Waals surface area contributed by atoms with E-state index in [1.165, 1.54) is 34.5 Å². The largest absolute Gasteiger partial charge is 0.426 e. The number of amides is 2. The minimum absolute atomic E-state index is 0.124. The number of hydrogen-bond acceptors (Lipinski definition) is 5. The van der Waals surface area contributed by atoms with E-state index in [0.717, 1.165) is 0 Å². The van der Waals surface area contributed by atoms with Gasteiger partial charge < -0.3 is 18.8 Å². The van der Waals surface area contributed by atoms with Crippen LogP contribution in [0.5, 0.6) is 0 Å². The molecule has 0 aromatic rings. The first-order valence-electron chi connectivity index (χ1n) is 7.14. The predicted molar refractivity (Wildman–Crippen MR) is 94.4 cm³/mol. The fraction of sp³-hybridized carbons (Fsp3) is 0.375. The second-order valence-electron chi connectivity index (χ2n) is 5.24. The van der Waals surface area contributed by atoms with Gasteiger partial charge in [-0.25, -0.2) is 4.57 Å². The molecular weight excluding hydrogens is 331 g/mol. The fourth-order valence-electron chi connectivity index (χ4n) is 1.43. The maximum absolute atomic E-state index is 11.6. The van der Waals surface area contributed by atoms with Crippen molar-refractivity contribution in [3.63, 3.8) is 0 Å². The average molecular weight is 356 g/mol. The van der Waals surface area contributed by atoms with Crippen molar-refractivity contribution in [1.82, 2.24) is 9.80 Å². The highest BCUT2D eigenvalue weighted by atomic mass is 31.1. The Morgan fingerprint density at radius 1 is 0.792 bits per heavy atom. The van der Waals surface area contributed by atoms with Gasteiger partial charge >= 0.3 is 8.25 Å². The van der Waals surface area contributed by atoms with Gasteiger partial charge in [0.25, 0.3) is 0 Å². The van der Waals surface area contributed by atoms with Crippen molar-refractivity contribution in [3.05, 3.63) is 48.0 Å². The van der Waals surface area contributed by atoms with Crippen molar-refractivity contribution in [2.45, 2.75) is 13.8 Å². The van der Waals surface area contributed by atoms with Crippen LogP contribution in [0.15, 0.2) is 48.0 Å². The molecule has 134 valence electrons. The van der Waals surface area contributed by atoms with E-state index in [4.69, 9.17) is 9.05 Å². The number of hydrogen-bond donors (Lipinski definition) is 0. The third kappa shape index (κ3) is 9.00. The van der Waals surface area contributed by atoms with Crippen LogP contribution >= 0.6 is 8.25 Å². The summed E-state index contributed by atoms with van der Waals surface area (Å²) in [5.74, 6) is -0.248. The molecule has 0 spiro atoms. The van der Waals surface area contributed by atoms with Gasteiger partial charge in [-0.1, -0.05) is 12.2 Å². The molecule has 0 heterocycles. The lowest BCUT2D eigenvalue weighted by atomic mass is 10.2. The highest BCUT2D eigenvalue weighted by Crippen LogP contribution is 2.24. The van der Waals surface area contributed by atoms with Crippen LogP contribution < -0.4 is 0 Å². The lowest BCUT2D eigenvalue weighted by molar-refractivity contribution is -0.125. The molecule has 0 atom stereocenters. The third-order valence-electron chi connectivity index (χ3n) is 2.67. The van der Waals surface area contributed by atoms with Crippen molar-refractivity contribution in [3.8, 4) is 0 Å². The van der Waals surface area contributed by atoms with Crippen molar-refractivity contribution in [1.29, 1.82) is 0 Å². The van der Waals surface area contributed by atoms with Gasteiger partial charge in [0.15, 0.2) is 0 Å². The molecular formula is C16H25N2O5P. The highest BCUT2D eigenvalue weighted by molar-refractivity contribution is 7.33. The van der Waals surface area contributed by atoms with Gasteiger partial charge in [-0.2, -0.15) is 0 Å². The maximum Gasteiger partial charge on any atom is 0.417 e. The van der Waals surface area contributed by atoms with E-state index in [9.17, 15) is 14.2 Å². The number of nitrogens with zero attached hydrogens (tertiary/aromatic N) is 2. The molecule has 0 unspecified atom stereocenters. The molecule has 24 heavy (non-hydrogen) atoms. The Labute approximate surface area is 143 Å². The Morgan fingerprint density at radius 3 is 1.42 bits per heavy atom. The van der Waals surface area contributed by atoms with Gasteiger partial charge in [0.05, 0.1) is 12.5 Å². The van der Waals surface area contributed by atoms with E-state index in [1.807, 2.05) is 0 Å². The second-order valence-corrected chi connectivity index (χ2v) is 6.21. The van der Waals surface area contributed by atoms with E-state index in [2.05, 4.69) is 0 Å². The molecule has 0 aromatic carbocycles. The molecule has 0 saturated carbocycles. The summed E-state index contributed by atoms with van der Waals surface area (Å²) in [5, 5.41) is 0. The monoisotopic (exact) mass is 356 g/mol. The summed E-state index contributed by atoms with van der Waals surface area (Å²) < 4.78 is 21.2. The fourth-order valence-corrected chi connectivity index (χ4v) is 1.87. The Morgan fingerprint density at radius 2 is 1.12 bits per heavy atom. The summed E-state index contributed by atoms with van der Waals surface area (Å²) in [6, 6.07) is 0. The molecule has 0 rings (SSSR count). The Hall–Kier alpha value is -2.27. The van der Waals surface area contributed by atoms with E-state index in [1.54, 1.807) is 54.2 Å². The Balaban J connectivity index is 4.33. The van der Waals surface area contributed by atoms with E-state index in [-0.39, 0.29) is 11.8 Å². The summed E-state index contributed by atoms with van der Waals surface area (Å²) in [5.41, 5.74) is 1.04. The smallest absolute Gasteiger partial charge is 0.417 e. The molecule has 2 amide bonds. The van der Waals surface area contributed by atoms with E-state index < -0.39 is 8.25 Å². The number of allylic oxidation sites excluding steroid dienone is 4. The van der Waals surface area contributed by atoms with Gasteiger partial charge in [-0.3, -0.25) is 9.59 Å². The molecule has 0 aromatic heterocycles. The molecule has 0 N–H and O–H groups in total. The van der Waals surface area contributed by atoms with Crippen LogP contribution in [0.1, 0.15) is 13.8 Å². The highest BCUT2D eigenvalue weighted by Gasteiger charge is 2.05. The first-order chi connectivity index (χ1) is 11.2. The number of carbonyl (C=O) groups excluding carboxylic acids is 2. The summed E-state index contributed by atoms with van der Waals surface area (Å²) in [6.07, 6.45) is 8.41. The Bertz CT molecular complexity index is 539. The van der Waals surface area contributed by atoms with Gasteiger partial charge in [0.2, 0.25) is 11.8 Å². The van der Waals surface area contributed by atoms with Crippen LogP contribution in [-0.4, -0.2) is 49.8 Å². The standard InChI is InChI=1S/C16H25N2O5P/c1-13(15(19)17(3)4)9-7-11-22-24(21)23-12-8-10-14(2)16(20)18(5)6/h7-12,24H,1-6H3/b11-7+,12-8+,13-9-,14-10-. The summed E-state index contributed by atoms with van der Waals surface area (Å²) in [4.78, 5) is 26.0. The van der Waals surface area contributed by atoms with E-state index in [0.29, 0.717) is 11.1 Å². The molecule has 0 fully saturated rings. The first-order valence-corrected chi connectivity index (χ1v) is 8.36. The topological polar surface area (TPSA) is 76.1 Å². The zero-order chi connectivity index (χ0) is 18.7. The zero-order valence-electron chi connectivity index (χ0n) is 14.9. The number of rotatable bonds is 8. The van der Waals surface area contributed by atoms with Gasteiger partial charge in [-0.15, -0.1) is 0 Å². The Kier molecular flexibility index (Phi) is 10.2. The van der Waals surface area contributed by atoms with Crippen LogP contribution in [0.2, 0.25) is 0 Å². The van der Waals surface area contributed by atoms with Gasteiger partial charge in [0.1, 0.15) is 0 Å². The first kappa shape index (κ1) is 21.7. The molecule has 0 saturated heterocycles. The van der Waals surface area contributed by atoms with Crippen molar-refractivity contribution < 1.29 is 23.2 Å². The SMILES string of the molecule is C/C(=C/C=C/O[PH](=O)O/C=C/C=C(/C)C(=O)N(C)C)C(=O)N(C)C. The van der Waals surface area contributed by atoms with Crippen LogP contribution in [0.4, 0.5) is 0 Å². The van der Waals surface area contributed by atoms with Gasteiger partial charge in [0, 0.05) is 39.3 Å².